The van der Waals surface area contributed by atoms with Crippen LogP contribution < -0.4 is 16.2 Å². The number of nitrogens with one attached hydrogen (secondary N) is 3. The summed E-state index contributed by atoms with van der Waals surface area (Å²) in [6.07, 6.45) is 4.41. The summed E-state index contributed by atoms with van der Waals surface area (Å²) in [4.78, 5) is 33.6. The largest absolute Gasteiger partial charge is 0.465 e. The lowest BCUT2D eigenvalue weighted by atomic mass is 10.2. The van der Waals surface area contributed by atoms with E-state index in [1.54, 1.807) is 12.1 Å². The minimum atomic E-state index is -0.795. The summed E-state index contributed by atoms with van der Waals surface area (Å²) in [5.74, 6) is -0.0670. The van der Waals surface area contributed by atoms with Gasteiger partial charge >= 0.3 is 6.09 Å². The van der Waals surface area contributed by atoms with Gasteiger partial charge in [-0.1, -0.05) is 0 Å². The number of hydrogen-bond acceptors (Lipinski definition) is 5. The van der Waals surface area contributed by atoms with Gasteiger partial charge in [0.05, 0.1) is 12.3 Å². The van der Waals surface area contributed by atoms with E-state index in [-0.39, 0.29) is 18.6 Å². The van der Waals surface area contributed by atoms with Crippen molar-refractivity contribution in [2.75, 3.05) is 6.61 Å². The minimum absolute atomic E-state index is 0.0552. The molecule has 8 nitrogen and oxygen atoms in total. The van der Waals surface area contributed by atoms with Crippen molar-refractivity contribution in [3.8, 4) is 0 Å². The van der Waals surface area contributed by atoms with E-state index in [2.05, 4.69) is 16.2 Å². The first-order valence-corrected chi connectivity index (χ1v) is 6.37. The van der Waals surface area contributed by atoms with Crippen molar-refractivity contribution < 1.29 is 23.5 Å². The second kappa shape index (κ2) is 7.13. The smallest absolute Gasteiger partial charge is 0.426 e. The molecule has 1 fully saturated rings. The van der Waals surface area contributed by atoms with Gasteiger partial charge in [-0.25, -0.2) is 10.2 Å². The quantitative estimate of drug-likeness (QED) is 0.547. The molecule has 21 heavy (non-hydrogen) atoms. The average molecular weight is 293 g/mol. The highest BCUT2D eigenvalue weighted by Gasteiger charge is 2.21. The first kappa shape index (κ1) is 14.6. The van der Waals surface area contributed by atoms with E-state index in [1.807, 2.05) is 0 Å². The predicted molar refractivity (Wildman–Crippen MR) is 71.5 cm³/mol. The number of hydrogen-bond donors (Lipinski definition) is 3. The summed E-state index contributed by atoms with van der Waals surface area (Å²) in [7, 11) is 0. The van der Waals surface area contributed by atoms with Crippen LogP contribution in [0.4, 0.5) is 4.79 Å². The Morgan fingerprint density at radius 1 is 1.48 bits per heavy atom. The number of amides is 3. The van der Waals surface area contributed by atoms with E-state index in [0.29, 0.717) is 18.6 Å². The predicted octanol–water partition coefficient (Wildman–Crippen LogP) is 0.329. The summed E-state index contributed by atoms with van der Waals surface area (Å²) in [5.41, 5.74) is 4.24. The molecule has 0 saturated carbocycles. The number of carbonyl (C=O) groups is 3. The minimum Gasteiger partial charge on any atom is -0.465 e. The Morgan fingerprint density at radius 3 is 3.00 bits per heavy atom. The van der Waals surface area contributed by atoms with E-state index in [9.17, 15) is 14.4 Å². The van der Waals surface area contributed by atoms with Gasteiger partial charge in [0.2, 0.25) is 5.91 Å². The van der Waals surface area contributed by atoms with E-state index >= 15 is 0 Å². The molecular formula is C13H15N3O5. The van der Waals surface area contributed by atoms with Gasteiger partial charge < -0.3 is 14.5 Å². The Balaban J connectivity index is 1.62. The fourth-order valence-corrected chi connectivity index (χ4v) is 1.71. The van der Waals surface area contributed by atoms with Crippen molar-refractivity contribution in [3.63, 3.8) is 0 Å². The zero-order valence-electron chi connectivity index (χ0n) is 11.1. The Hall–Kier alpha value is -2.77. The van der Waals surface area contributed by atoms with Crippen molar-refractivity contribution in [3.05, 3.63) is 30.2 Å². The number of carbonyl (C=O) groups excluding carboxylic acids is 3. The highest BCUT2D eigenvalue weighted by atomic mass is 16.6. The summed E-state index contributed by atoms with van der Waals surface area (Å²) in [6.45, 7) is 0.0652. The summed E-state index contributed by atoms with van der Waals surface area (Å²) in [5, 5.41) is 2.66. The van der Waals surface area contributed by atoms with Crippen molar-refractivity contribution in [1.82, 2.24) is 16.2 Å². The summed E-state index contributed by atoms with van der Waals surface area (Å²) >= 11 is 0. The molecule has 0 aliphatic carbocycles. The van der Waals surface area contributed by atoms with Crippen LogP contribution in [-0.2, 0) is 14.3 Å². The zero-order valence-corrected chi connectivity index (χ0v) is 11.1. The standard InChI is InChI=1S/C13H15N3O5/c17-11-5-3-9(14-11)8-21-13(19)16-15-12(18)6-4-10-2-1-7-20-10/h1-2,4,6-7,9H,3,5,8H2,(H,14,17)(H,15,18)(H,16,19). The Bertz CT molecular complexity index is 538. The summed E-state index contributed by atoms with van der Waals surface area (Å²) < 4.78 is 9.85. The maximum atomic E-state index is 11.4. The number of furan rings is 1. The Labute approximate surface area is 120 Å². The SMILES string of the molecule is O=C(C=Cc1ccco1)NNC(=O)OCC1CCC(=O)N1. The van der Waals surface area contributed by atoms with Gasteiger partial charge in [-0.05, 0) is 24.6 Å². The van der Waals surface area contributed by atoms with Crippen LogP contribution in [0.5, 0.6) is 0 Å². The molecule has 3 amide bonds. The van der Waals surface area contributed by atoms with Gasteiger partial charge in [-0.3, -0.25) is 15.0 Å². The molecular weight excluding hydrogens is 278 g/mol. The van der Waals surface area contributed by atoms with Crippen molar-refractivity contribution in [2.45, 2.75) is 18.9 Å². The van der Waals surface area contributed by atoms with Crippen LogP contribution >= 0.6 is 0 Å². The molecule has 8 heteroatoms. The van der Waals surface area contributed by atoms with Gasteiger partial charge in [0.25, 0.3) is 5.91 Å². The monoisotopic (exact) mass is 293 g/mol. The van der Waals surface area contributed by atoms with Gasteiger partial charge in [0.15, 0.2) is 0 Å². The van der Waals surface area contributed by atoms with Gasteiger partial charge in [-0.2, -0.15) is 0 Å². The molecule has 2 heterocycles. The van der Waals surface area contributed by atoms with Crippen LogP contribution in [-0.4, -0.2) is 30.6 Å². The van der Waals surface area contributed by atoms with Gasteiger partial charge in [-0.15, -0.1) is 0 Å². The van der Waals surface area contributed by atoms with Crippen LogP contribution in [0.1, 0.15) is 18.6 Å². The first-order valence-electron chi connectivity index (χ1n) is 6.37. The molecule has 1 aliphatic rings. The van der Waals surface area contributed by atoms with Gasteiger partial charge in [0, 0.05) is 12.5 Å². The molecule has 1 unspecified atom stereocenters. The van der Waals surface area contributed by atoms with Crippen molar-refractivity contribution in [1.29, 1.82) is 0 Å². The molecule has 1 aromatic heterocycles. The van der Waals surface area contributed by atoms with E-state index < -0.39 is 12.0 Å². The number of hydrazine groups is 1. The molecule has 0 bridgehead atoms. The first-order chi connectivity index (χ1) is 10.1. The summed E-state index contributed by atoms with van der Waals surface area (Å²) in [6, 6.07) is 3.20. The second-order valence-corrected chi connectivity index (χ2v) is 4.36. The third kappa shape index (κ3) is 5.01. The van der Waals surface area contributed by atoms with Crippen molar-refractivity contribution >= 4 is 24.0 Å². The maximum Gasteiger partial charge on any atom is 0.426 e. The molecule has 2 rings (SSSR count). The average Bonchev–Trinajstić information content (AvgIpc) is 3.12. The second-order valence-electron chi connectivity index (χ2n) is 4.36. The molecule has 0 spiro atoms. The third-order valence-electron chi connectivity index (χ3n) is 2.73. The molecule has 0 radical (unpaired) electrons. The molecule has 1 aromatic rings. The number of ether oxygens (including phenoxy) is 1. The molecule has 3 N–H and O–H groups in total. The fraction of sp³-hybridized carbons (Fsp3) is 0.308. The highest BCUT2D eigenvalue weighted by molar-refractivity contribution is 5.92. The molecule has 1 aliphatic heterocycles. The van der Waals surface area contributed by atoms with E-state index in [0.717, 1.165) is 0 Å². The van der Waals surface area contributed by atoms with E-state index in [1.165, 1.54) is 18.4 Å². The highest BCUT2D eigenvalue weighted by Crippen LogP contribution is 2.06. The maximum absolute atomic E-state index is 11.4. The van der Waals surface area contributed by atoms with Crippen LogP contribution in [0.3, 0.4) is 0 Å². The fourth-order valence-electron chi connectivity index (χ4n) is 1.71. The lowest BCUT2D eigenvalue weighted by Crippen LogP contribution is -2.42. The Kier molecular flexibility index (Phi) is 4.97. The van der Waals surface area contributed by atoms with Crippen LogP contribution in [0.25, 0.3) is 6.08 Å². The van der Waals surface area contributed by atoms with Crippen LogP contribution in [0.2, 0.25) is 0 Å². The molecule has 112 valence electrons. The Morgan fingerprint density at radius 2 is 2.33 bits per heavy atom. The topological polar surface area (TPSA) is 110 Å². The molecule has 1 saturated heterocycles. The lowest BCUT2D eigenvalue weighted by molar-refractivity contribution is -0.119. The third-order valence-corrected chi connectivity index (χ3v) is 2.73. The van der Waals surface area contributed by atoms with Crippen molar-refractivity contribution in [2.24, 2.45) is 0 Å². The zero-order chi connectivity index (χ0) is 15.1. The van der Waals surface area contributed by atoms with Gasteiger partial charge in [0.1, 0.15) is 12.4 Å². The lowest BCUT2D eigenvalue weighted by Gasteiger charge is -2.11. The van der Waals surface area contributed by atoms with Crippen LogP contribution in [0, 0.1) is 0 Å². The molecule has 0 aromatic carbocycles. The molecule has 1 atom stereocenters. The normalized spacial score (nSPS) is 17.5. The van der Waals surface area contributed by atoms with Crippen LogP contribution in [0.15, 0.2) is 28.9 Å². The number of rotatable bonds is 4. The van der Waals surface area contributed by atoms with E-state index in [4.69, 9.17) is 9.15 Å².